The van der Waals surface area contributed by atoms with Crippen LogP contribution in [0.15, 0.2) is 24.3 Å². The van der Waals surface area contributed by atoms with E-state index in [1.54, 1.807) is 6.07 Å². The second-order valence-corrected chi connectivity index (χ2v) is 10.6. The van der Waals surface area contributed by atoms with Crippen molar-refractivity contribution in [1.29, 1.82) is 0 Å². The summed E-state index contributed by atoms with van der Waals surface area (Å²) in [5.41, 5.74) is 0.753. The summed E-state index contributed by atoms with van der Waals surface area (Å²) in [5, 5.41) is 1.33. The van der Waals surface area contributed by atoms with Gasteiger partial charge in [-0.3, -0.25) is 9.69 Å². The maximum absolute atomic E-state index is 12.6. The van der Waals surface area contributed by atoms with E-state index in [4.69, 9.17) is 16.3 Å². The van der Waals surface area contributed by atoms with E-state index in [0.29, 0.717) is 37.6 Å². The van der Waals surface area contributed by atoms with Gasteiger partial charge in [-0.1, -0.05) is 57.8 Å². The van der Waals surface area contributed by atoms with Gasteiger partial charge in [-0.05, 0) is 30.9 Å². The van der Waals surface area contributed by atoms with Crippen molar-refractivity contribution in [3.63, 3.8) is 0 Å². The monoisotopic (exact) mass is 456 g/mol. The molecule has 29 heavy (non-hydrogen) atoms. The molecule has 1 aromatic rings. The summed E-state index contributed by atoms with van der Waals surface area (Å²) in [6.45, 7) is 2.52. The number of ether oxygens (including phenoxy) is 1. The van der Waals surface area contributed by atoms with Crippen molar-refractivity contribution in [1.82, 2.24) is 9.80 Å². The topological polar surface area (TPSA) is 49.9 Å². The number of hydrogen-bond acceptors (Lipinski definition) is 6. The minimum Gasteiger partial charge on any atom is -0.468 e. The number of rotatable bonds is 8. The molecule has 0 saturated carbocycles. The summed E-state index contributed by atoms with van der Waals surface area (Å²) in [7, 11) is 5.37. The number of hydrogen-bond donors (Lipinski definition) is 0. The van der Waals surface area contributed by atoms with Gasteiger partial charge in [0, 0.05) is 48.6 Å². The normalized spacial score (nSPS) is 21.2. The second-order valence-electron chi connectivity index (χ2n) is 7.44. The molecule has 1 aromatic carbocycles. The third-order valence-electron chi connectivity index (χ3n) is 5.55. The number of methoxy groups -OCH3 is 1. The third kappa shape index (κ3) is 6.29. The Bertz CT molecular complexity index is 692. The molecule has 8 heteroatoms. The highest BCUT2D eigenvalue weighted by Crippen LogP contribution is 2.40. The van der Waals surface area contributed by atoms with Crippen LogP contribution in [0.1, 0.15) is 43.7 Å². The number of amides is 1. The molecule has 1 amide bonds. The summed E-state index contributed by atoms with van der Waals surface area (Å²) in [6.07, 6.45) is 5.23. The van der Waals surface area contributed by atoms with Crippen molar-refractivity contribution in [3.05, 3.63) is 34.9 Å². The first-order valence-corrected chi connectivity index (χ1v) is 13.0. The van der Waals surface area contributed by atoms with Gasteiger partial charge in [0.1, 0.15) is 6.04 Å². The maximum Gasteiger partial charge on any atom is 0.327 e. The average Bonchev–Trinajstić information content (AvgIpc) is 3.26. The Morgan fingerprint density at radius 1 is 1.21 bits per heavy atom. The van der Waals surface area contributed by atoms with Gasteiger partial charge >= 0.3 is 5.97 Å². The Balaban J connectivity index is 1.48. The van der Waals surface area contributed by atoms with Gasteiger partial charge in [0.15, 0.2) is 0 Å². The van der Waals surface area contributed by atoms with E-state index in [2.05, 4.69) is 4.90 Å². The van der Waals surface area contributed by atoms with E-state index in [9.17, 15) is 9.59 Å². The molecule has 0 bridgehead atoms. The molecule has 2 aliphatic rings. The Labute approximate surface area is 186 Å². The Morgan fingerprint density at radius 3 is 2.62 bits per heavy atom. The van der Waals surface area contributed by atoms with Crippen LogP contribution in [0, 0.1) is 0 Å². The highest BCUT2D eigenvalue weighted by atomic mass is 35.5. The highest BCUT2D eigenvalue weighted by Gasteiger charge is 2.33. The molecule has 0 spiro atoms. The molecule has 160 valence electrons. The molecule has 0 N–H and O–H groups in total. The number of piperazine rings is 1. The molecule has 3 rings (SSSR count). The van der Waals surface area contributed by atoms with Crippen LogP contribution in [0.2, 0.25) is 5.02 Å². The van der Waals surface area contributed by atoms with Gasteiger partial charge in [-0.15, -0.1) is 0 Å². The third-order valence-corrected chi connectivity index (χ3v) is 8.90. The predicted molar refractivity (Wildman–Crippen MR) is 121 cm³/mol. The zero-order valence-electron chi connectivity index (χ0n) is 16.8. The quantitative estimate of drug-likeness (QED) is 0.328. The van der Waals surface area contributed by atoms with Crippen molar-refractivity contribution in [2.45, 2.75) is 43.4 Å². The first-order valence-electron chi connectivity index (χ1n) is 10.2. The maximum atomic E-state index is 12.6. The lowest BCUT2D eigenvalue weighted by Crippen LogP contribution is -2.51. The molecule has 5 nitrogen and oxygen atoms in total. The van der Waals surface area contributed by atoms with E-state index in [1.807, 2.05) is 44.7 Å². The van der Waals surface area contributed by atoms with Gasteiger partial charge in [0.05, 0.1) is 7.11 Å². The standard InChI is InChI=1S/C21H29ClN2O3S2/c1-27-21(26)20(17-7-3-4-8-18(17)22)24-13-11-23(12-14-24)19(25)9-5-2-6-16-10-15-28-29-16/h3-4,7-8,16,20H,2,5-6,9-15H2,1H3. The number of nitrogens with zero attached hydrogens (tertiary/aromatic N) is 2. The summed E-state index contributed by atoms with van der Waals surface area (Å²) in [4.78, 5) is 29.0. The van der Waals surface area contributed by atoms with Crippen molar-refractivity contribution in [2.75, 3.05) is 39.0 Å². The van der Waals surface area contributed by atoms with E-state index in [1.165, 1.54) is 25.7 Å². The molecule has 2 fully saturated rings. The first-order chi connectivity index (χ1) is 14.1. The molecule has 0 radical (unpaired) electrons. The zero-order chi connectivity index (χ0) is 20.6. The summed E-state index contributed by atoms with van der Waals surface area (Å²) in [5.74, 6) is 1.17. The fourth-order valence-electron chi connectivity index (χ4n) is 3.88. The molecule has 0 aromatic heterocycles. The second kappa shape index (κ2) is 11.5. The fraction of sp³-hybridized carbons (Fsp3) is 0.619. The minimum atomic E-state index is -0.535. The van der Waals surface area contributed by atoms with E-state index in [0.717, 1.165) is 23.7 Å². The average molecular weight is 457 g/mol. The Morgan fingerprint density at radius 2 is 1.97 bits per heavy atom. The first kappa shape index (κ1) is 22.8. The van der Waals surface area contributed by atoms with Gasteiger partial charge in [-0.25, -0.2) is 4.79 Å². The smallest absolute Gasteiger partial charge is 0.327 e. The molecule has 0 aliphatic carbocycles. The number of carbonyl (C=O) groups excluding carboxylic acids is 2. The molecule has 2 heterocycles. The van der Waals surface area contributed by atoms with E-state index >= 15 is 0 Å². The fourth-order valence-corrected chi connectivity index (χ4v) is 7.15. The summed E-state index contributed by atoms with van der Waals surface area (Å²) >= 11 is 6.33. The highest BCUT2D eigenvalue weighted by molar-refractivity contribution is 8.77. The van der Waals surface area contributed by atoms with Crippen LogP contribution in [0.3, 0.4) is 0 Å². The zero-order valence-corrected chi connectivity index (χ0v) is 19.2. The molecule has 2 aliphatic heterocycles. The largest absolute Gasteiger partial charge is 0.468 e. The number of benzene rings is 1. The lowest BCUT2D eigenvalue weighted by Gasteiger charge is -2.38. The Kier molecular flexibility index (Phi) is 9.03. The van der Waals surface area contributed by atoms with Crippen LogP contribution in [0.4, 0.5) is 0 Å². The summed E-state index contributed by atoms with van der Waals surface area (Å²) < 4.78 is 5.03. The van der Waals surface area contributed by atoms with Crippen molar-refractivity contribution < 1.29 is 14.3 Å². The lowest BCUT2D eigenvalue weighted by molar-refractivity contribution is -0.148. The molecule has 2 atom stereocenters. The minimum absolute atomic E-state index is 0.227. The predicted octanol–water partition coefficient (Wildman–Crippen LogP) is 4.41. The van der Waals surface area contributed by atoms with Crippen LogP contribution in [0.5, 0.6) is 0 Å². The summed E-state index contributed by atoms with van der Waals surface area (Å²) in [6, 6.07) is 6.84. The number of carbonyl (C=O) groups is 2. The van der Waals surface area contributed by atoms with Crippen LogP contribution < -0.4 is 0 Å². The SMILES string of the molecule is COC(=O)C(c1ccccc1Cl)N1CCN(C(=O)CCCCC2CCSS2)CC1. The van der Waals surface area contributed by atoms with Crippen LogP contribution in [-0.4, -0.2) is 66.0 Å². The number of halogens is 1. The number of esters is 1. The van der Waals surface area contributed by atoms with E-state index in [-0.39, 0.29) is 11.9 Å². The van der Waals surface area contributed by atoms with Crippen molar-refractivity contribution in [3.8, 4) is 0 Å². The molecular formula is C21H29ClN2O3S2. The van der Waals surface area contributed by atoms with E-state index < -0.39 is 6.04 Å². The molecule has 2 saturated heterocycles. The van der Waals surface area contributed by atoms with Crippen LogP contribution in [0.25, 0.3) is 0 Å². The molecule has 2 unspecified atom stereocenters. The van der Waals surface area contributed by atoms with Gasteiger partial charge in [0.25, 0.3) is 0 Å². The Hall–Kier alpha value is -0.890. The lowest BCUT2D eigenvalue weighted by atomic mass is 10.0. The van der Waals surface area contributed by atoms with Crippen molar-refractivity contribution >= 4 is 45.1 Å². The van der Waals surface area contributed by atoms with Gasteiger partial charge in [0.2, 0.25) is 5.91 Å². The van der Waals surface area contributed by atoms with Crippen molar-refractivity contribution in [2.24, 2.45) is 0 Å². The van der Waals surface area contributed by atoms with Crippen LogP contribution >= 0.6 is 33.2 Å². The van der Waals surface area contributed by atoms with Gasteiger partial charge in [-0.2, -0.15) is 0 Å². The van der Waals surface area contributed by atoms with Crippen LogP contribution in [-0.2, 0) is 14.3 Å². The van der Waals surface area contributed by atoms with Gasteiger partial charge < -0.3 is 9.64 Å². The molecular weight excluding hydrogens is 428 g/mol. The number of unbranched alkanes of at least 4 members (excludes halogenated alkanes) is 1.